The number of anilines is 2. The van der Waals surface area contributed by atoms with Gasteiger partial charge in [-0.1, -0.05) is 6.42 Å². The molecule has 1 aromatic carbocycles. The van der Waals surface area contributed by atoms with Gasteiger partial charge in [-0.15, -0.1) is 0 Å². The van der Waals surface area contributed by atoms with E-state index in [1.165, 1.54) is 0 Å². The van der Waals surface area contributed by atoms with E-state index in [9.17, 15) is 9.59 Å². The minimum absolute atomic E-state index is 0.0912. The fraction of sp³-hybridized carbons (Fsp3) is 0.579. The molecule has 0 radical (unpaired) electrons. The molecule has 0 spiro atoms. The number of hydrogen-bond donors (Lipinski definition) is 1. The molecule has 0 unspecified atom stereocenters. The van der Waals surface area contributed by atoms with Gasteiger partial charge < -0.3 is 15.1 Å². The average molecular weight is 331 g/mol. The third kappa shape index (κ3) is 4.98. The Balaban J connectivity index is 1.93. The van der Waals surface area contributed by atoms with Crippen LogP contribution in [0.3, 0.4) is 0 Å². The molecular formula is C19H29N3O2. The molecule has 2 rings (SSSR count). The maximum Gasteiger partial charge on any atom is 0.243 e. The van der Waals surface area contributed by atoms with Crippen molar-refractivity contribution in [3.05, 3.63) is 24.3 Å². The molecule has 0 aromatic heterocycles. The first-order chi connectivity index (χ1) is 11.5. The molecule has 2 amide bonds. The summed E-state index contributed by atoms with van der Waals surface area (Å²) in [6.45, 7) is 8.24. The summed E-state index contributed by atoms with van der Waals surface area (Å²) in [4.78, 5) is 28.1. The van der Waals surface area contributed by atoms with Gasteiger partial charge in [0.25, 0.3) is 0 Å². The summed E-state index contributed by atoms with van der Waals surface area (Å²) >= 11 is 0. The average Bonchev–Trinajstić information content (AvgIpc) is 2.74. The number of amides is 2. The molecule has 0 aliphatic carbocycles. The van der Waals surface area contributed by atoms with E-state index in [2.05, 4.69) is 31.0 Å². The first-order valence-electron chi connectivity index (χ1n) is 8.95. The number of benzene rings is 1. The molecular weight excluding hydrogens is 302 g/mol. The Labute approximate surface area is 145 Å². The van der Waals surface area contributed by atoms with Crippen molar-refractivity contribution >= 4 is 23.2 Å². The topological polar surface area (TPSA) is 52.7 Å². The fourth-order valence-corrected chi connectivity index (χ4v) is 3.16. The van der Waals surface area contributed by atoms with Gasteiger partial charge in [0.1, 0.15) is 0 Å². The highest BCUT2D eigenvalue weighted by Crippen LogP contribution is 2.20. The van der Waals surface area contributed by atoms with Crippen LogP contribution in [0.1, 0.15) is 46.5 Å². The van der Waals surface area contributed by atoms with Crippen LogP contribution in [-0.2, 0) is 9.59 Å². The maximum atomic E-state index is 12.2. The van der Waals surface area contributed by atoms with Crippen LogP contribution in [0.4, 0.5) is 11.4 Å². The van der Waals surface area contributed by atoms with Gasteiger partial charge >= 0.3 is 0 Å². The monoisotopic (exact) mass is 331 g/mol. The lowest BCUT2D eigenvalue weighted by molar-refractivity contribution is -0.134. The lowest BCUT2D eigenvalue weighted by atomic mass is 10.2. The first kappa shape index (κ1) is 18.3. The van der Waals surface area contributed by atoms with Crippen molar-refractivity contribution < 1.29 is 9.59 Å². The Kier molecular flexibility index (Phi) is 6.64. The van der Waals surface area contributed by atoms with Crippen LogP contribution >= 0.6 is 0 Å². The van der Waals surface area contributed by atoms with E-state index >= 15 is 0 Å². The standard InChI is InChI=1S/C19H29N3O2/c1-4-22(15(2)3)17-11-9-16(10-12-17)20-18(23)14-21-13-7-5-6-8-19(21)24/h9-12,15H,4-8,13-14H2,1-3H3,(H,20,23). The minimum atomic E-state index is -0.130. The fourth-order valence-electron chi connectivity index (χ4n) is 3.16. The number of carbonyl (C=O) groups excluding carboxylic acids is 2. The quantitative estimate of drug-likeness (QED) is 0.870. The number of likely N-dealkylation sites (tertiary alicyclic amines) is 1. The Bertz CT molecular complexity index is 554. The molecule has 1 aromatic rings. The molecule has 0 bridgehead atoms. The molecule has 1 aliphatic rings. The molecule has 1 fully saturated rings. The summed E-state index contributed by atoms with van der Waals surface area (Å²) in [5.41, 5.74) is 1.92. The molecule has 0 atom stereocenters. The zero-order chi connectivity index (χ0) is 17.5. The highest BCUT2D eigenvalue weighted by molar-refractivity contribution is 5.94. The highest BCUT2D eigenvalue weighted by atomic mass is 16.2. The van der Waals surface area contributed by atoms with Gasteiger partial charge in [-0.3, -0.25) is 9.59 Å². The maximum absolute atomic E-state index is 12.2. The van der Waals surface area contributed by atoms with Crippen LogP contribution in [0, 0.1) is 0 Å². The Morgan fingerprint density at radius 2 is 1.92 bits per heavy atom. The molecule has 1 saturated heterocycles. The summed E-state index contributed by atoms with van der Waals surface area (Å²) in [5, 5.41) is 2.89. The molecule has 1 aliphatic heterocycles. The van der Waals surface area contributed by atoms with Gasteiger partial charge in [-0.2, -0.15) is 0 Å². The Morgan fingerprint density at radius 1 is 1.21 bits per heavy atom. The minimum Gasteiger partial charge on any atom is -0.369 e. The van der Waals surface area contributed by atoms with Crippen molar-refractivity contribution in [2.75, 3.05) is 29.9 Å². The van der Waals surface area contributed by atoms with Crippen molar-refractivity contribution in [2.45, 2.75) is 52.5 Å². The second-order valence-electron chi connectivity index (χ2n) is 6.60. The summed E-state index contributed by atoms with van der Waals surface area (Å²) in [6, 6.07) is 8.32. The summed E-state index contributed by atoms with van der Waals surface area (Å²) < 4.78 is 0. The number of nitrogens with one attached hydrogen (secondary N) is 1. The van der Waals surface area contributed by atoms with Crippen molar-refractivity contribution in [2.24, 2.45) is 0 Å². The Hall–Kier alpha value is -2.04. The lowest BCUT2D eigenvalue weighted by Gasteiger charge is -2.27. The van der Waals surface area contributed by atoms with Crippen molar-refractivity contribution in [3.63, 3.8) is 0 Å². The van der Waals surface area contributed by atoms with E-state index in [4.69, 9.17) is 0 Å². The number of rotatable bonds is 6. The highest BCUT2D eigenvalue weighted by Gasteiger charge is 2.19. The van der Waals surface area contributed by atoms with E-state index < -0.39 is 0 Å². The molecule has 0 saturated carbocycles. The number of carbonyl (C=O) groups is 2. The van der Waals surface area contributed by atoms with Crippen LogP contribution in [-0.4, -0.2) is 42.4 Å². The van der Waals surface area contributed by atoms with Crippen molar-refractivity contribution in [1.29, 1.82) is 0 Å². The third-order valence-electron chi connectivity index (χ3n) is 4.45. The normalized spacial score (nSPS) is 15.3. The summed E-state index contributed by atoms with van der Waals surface area (Å²) in [7, 11) is 0. The van der Waals surface area contributed by atoms with Gasteiger partial charge in [0.2, 0.25) is 11.8 Å². The smallest absolute Gasteiger partial charge is 0.243 e. The van der Waals surface area contributed by atoms with Gasteiger partial charge in [-0.05, 0) is 57.9 Å². The van der Waals surface area contributed by atoms with Gasteiger partial charge in [0.15, 0.2) is 0 Å². The Morgan fingerprint density at radius 3 is 2.54 bits per heavy atom. The third-order valence-corrected chi connectivity index (χ3v) is 4.45. The molecule has 5 heteroatoms. The molecule has 1 heterocycles. The van der Waals surface area contributed by atoms with Crippen molar-refractivity contribution in [1.82, 2.24) is 4.90 Å². The van der Waals surface area contributed by atoms with E-state index in [1.54, 1.807) is 4.90 Å². The number of hydrogen-bond acceptors (Lipinski definition) is 3. The predicted molar refractivity (Wildman–Crippen MR) is 98.3 cm³/mol. The first-order valence-corrected chi connectivity index (χ1v) is 8.95. The second kappa shape index (κ2) is 8.71. The van der Waals surface area contributed by atoms with Gasteiger partial charge in [0, 0.05) is 36.9 Å². The zero-order valence-electron chi connectivity index (χ0n) is 15.0. The summed E-state index contributed by atoms with van der Waals surface area (Å²) in [5.74, 6) is -0.0391. The van der Waals surface area contributed by atoms with Gasteiger partial charge in [0.05, 0.1) is 6.54 Å². The largest absolute Gasteiger partial charge is 0.369 e. The van der Waals surface area contributed by atoms with Crippen LogP contribution in [0.5, 0.6) is 0 Å². The molecule has 132 valence electrons. The molecule has 24 heavy (non-hydrogen) atoms. The van der Waals surface area contributed by atoms with E-state index in [1.807, 2.05) is 24.3 Å². The zero-order valence-corrected chi connectivity index (χ0v) is 15.0. The summed E-state index contributed by atoms with van der Waals surface area (Å²) in [6.07, 6.45) is 3.54. The van der Waals surface area contributed by atoms with E-state index in [-0.39, 0.29) is 18.4 Å². The van der Waals surface area contributed by atoms with E-state index in [0.717, 1.165) is 37.2 Å². The van der Waals surface area contributed by atoms with E-state index in [0.29, 0.717) is 19.0 Å². The molecule has 1 N–H and O–H groups in total. The lowest BCUT2D eigenvalue weighted by Crippen LogP contribution is -2.37. The van der Waals surface area contributed by atoms with Crippen LogP contribution < -0.4 is 10.2 Å². The second-order valence-corrected chi connectivity index (χ2v) is 6.60. The van der Waals surface area contributed by atoms with Crippen LogP contribution in [0.25, 0.3) is 0 Å². The van der Waals surface area contributed by atoms with Crippen LogP contribution in [0.2, 0.25) is 0 Å². The SMILES string of the molecule is CCN(c1ccc(NC(=O)CN2CCCCCC2=O)cc1)C(C)C. The van der Waals surface area contributed by atoms with Crippen LogP contribution in [0.15, 0.2) is 24.3 Å². The van der Waals surface area contributed by atoms with Crippen molar-refractivity contribution in [3.8, 4) is 0 Å². The van der Waals surface area contributed by atoms with Gasteiger partial charge in [-0.25, -0.2) is 0 Å². The predicted octanol–water partition coefficient (Wildman–Crippen LogP) is 3.26. The molecule has 5 nitrogen and oxygen atoms in total. The number of nitrogens with zero attached hydrogens (tertiary/aromatic N) is 2.